The van der Waals surface area contributed by atoms with E-state index in [1.165, 1.54) is 33.8 Å². The van der Waals surface area contributed by atoms with Gasteiger partial charge >= 0.3 is 0 Å². The Bertz CT molecular complexity index is 1030. The van der Waals surface area contributed by atoms with Crippen LogP contribution in [0.5, 0.6) is 0 Å². The van der Waals surface area contributed by atoms with Crippen LogP contribution in [0.25, 0.3) is 0 Å². The van der Waals surface area contributed by atoms with Gasteiger partial charge in [-0.2, -0.15) is 5.10 Å². The van der Waals surface area contributed by atoms with Gasteiger partial charge in [0.25, 0.3) is 11.8 Å². The van der Waals surface area contributed by atoms with E-state index in [0.717, 1.165) is 25.7 Å². The number of hydrogen-bond acceptors (Lipinski definition) is 4. The summed E-state index contributed by atoms with van der Waals surface area (Å²) in [5, 5.41) is 9.95. The molecule has 4 rings (SSSR count). The third-order valence-electron chi connectivity index (χ3n) is 6.11. The highest BCUT2D eigenvalue weighted by molar-refractivity contribution is 6.05. The molecule has 1 atom stereocenters. The minimum absolute atomic E-state index is 0.0316. The van der Waals surface area contributed by atoms with Gasteiger partial charge in [0.2, 0.25) is 5.91 Å². The van der Waals surface area contributed by atoms with Crippen molar-refractivity contribution in [1.29, 1.82) is 0 Å². The Morgan fingerprint density at radius 3 is 2.68 bits per heavy atom. The summed E-state index contributed by atoms with van der Waals surface area (Å²) in [7, 11) is 0. The van der Waals surface area contributed by atoms with E-state index in [4.69, 9.17) is 0 Å². The molecular weight excluding hydrogens is 401 g/mol. The van der Waals surface area contributed by atoms with Crippen LogP contribution in [0, 0.1) is 5.82 Å². The second-order valence-corrected chi connectivity index (χ2v) is 8.32. The molecule has 0 saturated heterocycles. The molecule has 2 N–H and O–H groups in total. The van der Waals surface area contributed by atoms with Crippen LogP contribution in [0.4, 0.5) is 10.1 Å². The first-order valence-corrected chi connectivity index (χ1v) is 10.6. The topological polar surface area (TPSA) is 96.3 Å². The number of carbonyl (C=O) groups is 3. The summed E-state index contributed by atoms with van der Waals surface area (Å²) >= 11 is 0. The van der Waals surface area contributed by atoms with Gasteiger partial charge in [-0.3, -0.25) is 19.1 Å². The smallest absolute Gasteiger partial charge is 0.276 e. The van der Waals surface area contributed by atoms with Gasteiger partial charge in [0.05, 0.1) is 6.54 Å². The van der Waals surface area contributed by atoms with E-state index in [-0.39, 0.29) is 35.8 Å². The molecular formula is C22H26FN5O3. The van der Waals surface area contributed by atoms with Crippen LogP contribution in [0.15, 0.2) is 30.3 Å². The summed E-state index contributed by atoms with van der Waals surface area (Å²) < 4.78 is 14.8. The Balaban J connectivity index is 1.58. The van der Waals surface area contributed by atoms with Crippen molar-refractivity contribution < 1.29 is 18.8 Å². The normalized spacial score (nSPS) is 21.1. The monoisotopic (exact) mass is 427 g/mol. The second kappa shape index (κ2) is 8.13. The van der Waals surface area contributed by atoms with Gasteiger partial charge in [-0.15, -0.1) is 0 Å². The van der Waals surface area contributed by atoms with E-state index in [9.17, 15) is 18.8 Å². The highest BCUT2D eigenvalue weighted by Gasteiger charge is 2.48. The Hall–Kier alpha value is -3.23. The summed E-state index contributed by atoms with van der Waals surface area (Å²) in [6, 6.07) is 7.06. The van der Waals surface area contributed by atoms with Crippen LogP contribution in [0.2, 0.25) is 0 Å². The minimum atomic E-state index is -1.11. The first-order valence-electron chi connectivity index (χ1n) is 10.6. The zero-order valence-electron chi connectivity index (χ0n) is 17.7. The molecule has 2 aromatic rings. The number of fused-ring (bicyclic) bond motifs is 1. The number of nitrogens with one attached hydrogen (secondary N) is 2. The van der Waals surface area contributed by atoms with Crippen LogP contribution in [-0.2, 0) is 11.3 Å². The number of carbonyl (C=O) groups excluding carboxylic acids is 3. The first kappa shape index (κ1) is 21.0. The second-order valence-electron chi connectivity index (χ2n) is 8.32. The van der Waals surface area contributed by atoms with E-state index in [1.807, 2.05) is 6.92 Å². The number of hydrogen-bond donors (Lipinski definition) is 2. The molecule has 2 heterocycles. The molecule has 9 heteroatoms. The molecule has 1 aliphatic heterocycles. The Morgan fingerprint density at radius 1 is 1.26 bits per heavy atom. The number of anilines is 1. The molecule has 3 amide bonds. The fraction of sp³-hybridized carbons (Fsp3) is 0.455. The largest absolute Gasteiger partial charge is 0.351 e. The van der Waals surface area contributed by atoms with Crippen molar-refractivity contribution in [2.75, 3.05) is 11.9 Å². The Morgan fingerprint density at radius 2 is 2.00 bits per heavy atom. The number of amides is 3. The third kappa shape index (κ3) is 3.92. The lowest BCUT2D eigenvalue weighted by molar-refractivity contribution is -0.133. The van der Waals surface area contributed by atoms with Crippen LogP contribution >= 0.6 is 0 Å². The highest BCUT2D eigenvalue weighted by Crippen LogP contribution is 2.28. The van der Waals surface area contributed by atoms with Crippen LogP contribution < -0.4 is 10.6 Å². The van der Waals surface area contributed by atoms with Crippen LogP contribution in [-0.4, -0.2) is 50.5 Å². The number of nitrogens with zero attached hydrogens (tertiary/aromatic N) is 3. The molecule has 0 spiro atoms. The summed E-state index contributed by atoms with van der Waals surface area (Å²) in [5.41, 5.74) is -0.538. The molecule has 2 aliphatic rings. The molecule has 8 nitrogen and oxygen atoms in total. The van der Waals surface area contributed by atoms with Gasteiger partial charge in [-0.25, -0.2) is 4.39 Å². The van der Waals surface area contributed by atoms with Gasteiger partial charge in [-0.05, 0) is 44.9 Å². The minimum Gasteiger partial charge on any atom is -0.351 e. The van der Waals surface area contributed by atoms with Crippen molar-refractivity contribution >= 4 is 23.4 Å². The van der Waals surface area contributed by atoms with Crippen LogP contribution in [0.3, 0.4) is 0 Å². The van der Waals surface area contributed by atoms with E-state index in [2.05, 4.69) is 15.7 Å². The number of aromatic nitrogens is 2. The fourth-order valence-corrected chi connectivity index (χ4v) is 4.42. The lowest BCUT2D eigenvalue weighted by atomic mass is 9.94. The fourth-order valence-electron chi connectivity index (χ4n) is 4.42. The maximum absolute atomic E-state index is 13.4. The summed E-state index contributed by atoms with van der Waals surface area (Å²) in [5.74, 6) is -1.59. The van der Waals surface area contributed by atoms with Gasteiger partial charge < -0.3 is 15.5 Å². The van der Waals surface area contributed by atoms with Crippen molar-refractivity contribution in [3.63, 3.8) is 0 Å². The highest BCUT2D eigenvalue weighted by atomic mass is 19.1. The quantitative estimate of drug-likeness (QED) is 0.767. The molecule has 1 aromatic carbocycles. The molecule has 0 unspecified atom stereocenters. The van der Waals surface area contributed by atoms with E-state index >= 15 is 0 Å². The first-order chi connectivity index (χ1) is 14.8. The van der Waals surface area contributed by atoms with Gasteiger partial charge in [-0.1, -0.05) is 18.9 Å². The van der Waals surface area contributed by atoms with Crippen molar-refractivity contribution in [1.82, 2.24) is 20.0 Å². The third-order valence-corrected chi connectivity index (χ3v) is 6.11. The van der Waals surface area contributed by atoms with E-state index in [1.54, 1.807) is 13.0 Å². The zero-order valence-corrected chi connectivity index (χ0v) is 17.7. The van der Waals surface area contributed by atoms with Crippen molar-refractivity contribution in [3.05, 3.63) is 47.5 Å². The predicted molar refractivity (Wildman–Crippen MR) is 112 cm³/mol. The maximum atomic E-state index is 13.4. The standard InChI is InChI=1S/C22H26FN5O3/c1-3-27-20(30)18-12-17(19(29)24-16-10-6-7-14(23)11-16)26-28(18)13-22(27,2)21(31)25-15-8-4-5-9-15/h6-7,10-12,15H,3-5,8-9,13H2,1-2H3,(H,24,29)(H,25,31)/t22-/m0/s1. The molecule has 1 fully saturated rings. The van der Waals surface area contributed by atoms with Crippen molar-refractivity contribution in [3.8, 4) is 0 Å². The summed E-state index contributed by atoms with van der Waals surface area (Å²) in [6.07, 6.45) is 4.06. The Labute approximate surface area is 179 Å². The molecule has 1 saturated carbocycles. The van der Waals surface area contributed by atoms with Crippen molar-refractivity contribution in [2.45, 2.75) is 57.7 Å². The molecule has 0 radical (unpaired) electrons. The molecule has 1 aromatic heterocycles. The maximum Gasteiger partial charge on any atom is 0.276 e. The van der Waals surface area contributed by atoms with E-state index in [0.29, 0.717) is 12.2 Å². The number of likely N-dealkylation sites (N-methyl/N-ethyl adjacent to an activating group) is 1. The zero-order chi connectivity index (χ0) is 22.2. The van der Waals surface area contributed by atoms with E-state index < -0.39 is 17.3 Å². The van der Waals surface area contributed by atoms with Gasteiger partial charge in [0.15, 0.2) is 5.69 Å². The van der Waals surface area contributed by atoms with Crippen molar-refractivity contribution in [2.24, 2.45) is 0 Å². The van der Waals surface area contributed by atoms with Crippen LogP contribution in [0.1, 0.15) is 60.5 Å². The lowest BCUT2D eigenvalue weighted by Crippen LogP contribution is -2.64. The molecule has 1 aliphatic carbocycles. The molecule has 31 heavy (non-hydrogen) atoms. The average molecular weight is 427 g/mol. The predicted octanol–water partition coefficient (Wildman–Crippen LogP) is 2.57. The van der Waals surface area contributed by atoms with Gasteiger partial charge in [0, 0.05) is 24.3 Å². The lowest BCUT2D eigenvalue weighted by Gasteiger charge is -2.43. The average Bonchev–Trinajstić information content (AvgIpc) is 3.38. The summed E-state index contributed by atoms with van der Waals surface area (Å²) in [4.78, 5) is 40.4. The number of benzene rings is 1. The molecule has 164 valence electrons. The van der Waals surface area contributed by atoms with Gasteiger partial charge in [0.1, 0.15) is 17.1 Å². The Kier molecular flexibility index (Phi) is 5.51. The summed E-state index contributed by atoms with van der Waals surface area (Å²) in [6.45, 7) is 4.05. The SMILES string of the molecule is CCN1C(=O)c2cc(C(=O)Nc3cccc(F)c3)nn2C[C@@]1(C)C(=O)NC1CCCC1. The number of halogens is 1. The molecule has 0 bridgehead atoms. The number of rotatable bonds is 5.